The Morgan fingerprint density at radius 1 is 1.21 bits per heavy atom. The third-order valence-corrected chi connectivity index (χ3v) is 2.99. The average molecular weight is 260 g/mol. The zero-order valence-corrected chi connectivity index (χ0v) is 11.1. The SMILES string of the molecule is CCCc1c(N)ncnc1N(C)c1ccc(F)cc1. The van der Waals surface area contributed by atoms with Crippen molar-refractivity contribution in [1.82, 2.24) is 9.97 Å². The molecule has 0 fully saturated rings. The van der Waals surface area contributed by atoms with Crippen molar-refractivity contribution < 1.29 is 4.39 Å². The molecule has 0 bridgehead atoms. The maximum absolute atomic E-state index is 13.0. The number of anilines is 3. The lowest BCUT2D eigenvalue weighted by Gasteiger charge is -2.21. The van der Waals surface area contributed by atoms with Crippen molar-refractivity contribution in [3.05, 3.63) is 42.0 Å². The number of benzene rings is 1. The van der Waals surface area contributed by atoms with Crippen LogP contribution in [0, 0.1) is 5.82 Å². The third kappa shape index (κ3) is 2.81. The van der Waals surface area contributed by atoms with E-state index in [0.717, 1.165) is 29.9 Å². The first-order valence-corrected chi connectivity index (χ1v) is 6.22. The molecular formula is C14H17FN4. The summed E-state index contributed by atoms with van der Waals surface area (Å²) in [6.07, 6.45) is 3.22. The summed E-state index contributed by atoms with van der Waals surface area (Å²) in [5, 5.41) is 0. The monoisotopic (exact) mass is 260 g/mol. The van der Waals surface area contributed by atoms with Gasteiger partial charge in [0.05, 0.1) is 0 Å². The van der Waals surface area contributed by atoms with Gasteiger partial charge in [0.15, 0.2) is 0 Å². The van der Waals surface area contributed by atoms with E-state index in [2.05, 4.69) is 16.9 Å². The zero-order chi connectivity index (χ0) is 13.8. The summed E-state index contributed by atoms with van der Waals surface area (Å²) in [6.45, 7) is 2.08. The van der Waals surface area contributed by atoms with Gasteiger partial charge in [0.2, 0.25) is 0 Å². The Morgan fingerprint density at radius 2 is 1.89 bits per heavy atom. The molecule has 1 aromatic heterocycles. The van der Waals surface area contributed by atoms with Gasteiger partial charge in [-0.3, -0.25) is 0 Å². The minimum absolute atomic E-state index is 0.256. The number of hydrogen-bond donors (Lipinski definition) is 1. The van der Waals surface area contributed by atoms with Crippen molar-refractivity contribution in [1.29, 1.82) is 0 Å². The average Bonchev–Trinajstić information content (AvgIpc) is 2.41. The van der Waals surface area contributed by atoms with E-state index in [0.29, 0.717) is 5.82 Å². The van der Waals surface area contributed by atoms with Crippen LogP contribution in [0.2, 0.25) is 0 Å². The van der Waals surface area contributed by atoms with Crippen molar-refractivity contribution in [3.8, 4) is 0 Å². The van der Waals surface area contributed by atoms with Gasteiger partial charge in [-0.1, -0.05) is 13.3 Å². The lowest BCUT2D eigenvalue weighted by molar-refractivity contribution is 0.628. The van der Waals surface area contributed by atoms with Gasteiger partial charge in [-0.15, -0.1) is 0 Å². The Morgan fingerprint density at radius 3 is 2.53 bits per heavy atom. The third-order valence-electron chi connectivity index (χ3n) is 2.99. The molecule has 5 heteroatoms. The Kier molecular flexibility index (Phi) is 3.94. The fourth-order valence-corrected chi connectivity index (χ4v) is 1.98. The molecule has 0 radical (unpaired) electrons. The van der Waals surface area contributed by atoms with Crippen molar-refractivity contribution in [2.75, 3.05) is 17.7 Å². The van der Waals surface area contributed by atoms with Crippen LogP contribution in [-0.4, -0.2) is 17.0 Å². The van der Waals surface area contributed by atoms with Crippen molar-refractivity contribution in [3.63, 3.8) is 0 Å². The number of nitrogens with two attached hydrogens (primary N) is 1. The molecule has 0 unspecified atom stereocenters. The summed E-state index contributed by atoms with van der Waals surface area (Å²) in [5.41, 5.74) is 7.70. The van der Waals surface area contributed by atoms with Crippen LogP contribution in [-0.2, 0) is 6.42 Å². The van der Waals surface area contributed by atoms with E-state index in [4.69, 9.17) is 5.73 Å². The highest BCUT2D eigenvalue weighted by Crippen LogP contribution is 2.28. The summed E-state index contributed by atoms with van der Waals surface area (Å²) < 4.78 is 13.0. The number of rotatable bonds is 4. The van der Waals surface area contributed by atoms with E-state index in [9.17, 15) is 4.39 Å². The molecule has 100 valence electrons. The van der Waals surface area contributed by atoms with Crippen LogP contribution in [0.5, 0.6) is 0 Å². The van der Waals surface area contributed by atoms with E-state index >= 15 is 0 Å². The highest BCUT2D eigenvalue weighted by molar-refractivity contribution is 5.65. The van der Waals surface area contributed by atoms with Crippen LogP contribution in [0.25, 0.3) is 0 Å². The van der Waals surface area contributed by atoms with Gasteiger partial charge in [0.1, 0.15) is 23.8 Å². The molecule has 19 heavy (non-hydrogen) atoms. The van der Waals surface area contributed by atoms with Gasteiger partial charge in [-0.05, 0) is 30.7 Å². The standard InChI is InChI=1S/C14H17FN4/c1-3-4-12-13(16)17-9-18-14(12)19(2)11-7-5-10(15)6-8-11/h5-9H,3-4H2,1-2H3,(H2,16,17,18). The molecule has 2 N–H and O–H groups in total. The first-order chi connectivity index (χ1) is 9.13. The lowest BCUT2D eigenvalue weighted by atomic mass is 10.1. The topological polar surface area (TPSA) is 55.0 Å². The predicted molar refractivity (Wildman–Crippen MR) is 74.9 cm³/mol. The minimum atomic E-state index is -0.256. The summed E-state index contributed by atoms with van der Waals surface area (Å²) in [5.74, 6) is 1.01. The molecule has 0 spiro atoms. The number of aromatic nitrogens is 2. The lowest BCUT2D eigenvalue weighted by Crippen LogP contribution is -2.15. The van der Waals surface area contributed by atoms with Crippen LogP contribution in [0.15, 0.2) is 30.6 Å². The Balaban J connectivity index is 2.40. The van der Waals surface area contributed by atoms with Crippen molar-refractivity contribution >= 4 is 17.3 Å². The molecule has 0 saturated heterocycles. The largest absolute Gasteiger partial charge is 0.383 e. The second-order valence-electron chi connectivity index (χ2n) is 4.35. The molecular weight excluding hydrogens is 243 g/mol. The molecule has 0 aliphatic carbocycles. The molecule has 1 aromatic carbocycles. The maximum atomic E-state index is 13.0. The predicted octanol–water partition coefficient (Wildman–Crippen LogP) is 2.92. The molecule has 0 atom stereocenters. The molecule has 2 rings (SSSR count). The molecule has 1 heterocycles. The smallest absolute Gasteiger partial charge is 0.141 e. The van der Waals surface area contributed by atoms with Crippen LogP contribution in [0.3, 0.4) is 0 Å². The van der Waals surface area contributed by atoms with E-state index in [-0.39, 0.29) is 5.82 Å². The summed E-state index contributed by atoms with van der Waals surface area (Å²) in [6, 6.07) is 6.28. The highest BCUT2D eigenvalue weighted by Gasteiger charge is 2.13. The second-order valence-corrected chi connectivity index (χ2v) is 4.35. The first kappa shape index (κ1) is 13.3. The number of nitrogen functional groups attached to an aromatic ring is 1. The Hall–Kier alpha value is -2.17. The van der Waals surface area contributed by atoms with E-state index in [1.54, 1.807) is 12.1 Å². The molecule has 0 saturated carbocycles. The van der Waals surface area contributed by atoms with E-state index in [1.807, 2.05) is 11.9 Å². The zero-order valence-electron chi connectivity index (χ0n) is 11.1. The van der Waals surface area contributed by atoms with Crippen LogP contribution < -0.4 is 10.6 Å². The summed E-state index contributed by atoms with van der Waals surface area (Å²) in [7, 11) is 1.88. The van der Waals surface area contributed by atoms with Gasteiger partial charge in [-0.25, -0.2) is 14.4 Å². The Labute approximate surface area is 112 Å². The fourth-order valence-electron chi connectivity index (χ4n) is 1.98. The highest BCUT2D eigenvalue weighted by atomic mass is 19.1. The van der Waals surface area contributed by atoms with Gasteiger partial charge in [-0.2, -0.15) is 0 Å². The van der Waals surface area contributed by atoms with Gasteiger partial charge in [0.25, 0.3) is 0 Å². The quantitative estimate of drug-likeness (QED) is 0.918. The van der Waals surface area contributed by atoms with Crippen LogP contribution in [0.1, 0.15) is 18.9 Å². The molecule has 4 nitrogen and oxygen atoms in total. The number of halogens is 1. The molecule has 2 aromatic rings. The van der Waals surface area contributed by atoms with Crippen LogP contribution >= 0.6 is 0 Å². The van der Waals surface area contributed by atoms with Gasteiger partial charge in [0, 0.05) is 18.3 Å². The summed E-state index contributed by atoms with van der Waals surface area (Å²) in [4.78, 5) is 10.2. The van der Waals surface area contributed by atoms with E-state index in [1.165, 1.54) is 18.5 Å². The number of nitrogens with zero attached hydrogens (tertiary/aromatic N) is 3. The maximum Gasteiger partial charge on any atom is 0.141 e. The normalized spacial score (nSPS) is 10.5. The minimum Gasteiger partial charge on any atom is -0.383 e. The Bertz CT molecular complexity index is 554. The van der Waals surface area contributed by atoms with Crippen LogP contribution in [0.4, 0.5) is 21.7 Å². The first-order valence-electron chi connectivity index (χ1n) is 6.22. The second kappa shape index (κ2) is 5.65. The van der Waals surface area contributed by atoms with Crippen molar-refractivity contribution in [2.45, 2.75) is 19.8 Å². The van der Waals surface area contributed by atoms with Crippen molar-refractivity contribution in [2.24, 2.45) is 0 Å². The number of hydrogen-bond acceptors (Lipinski definition) is 4. The van der Waals surface area contributed by atoms with Gasteiger partial charge >= 0.3 is 0 Å². The molecule has 0 aliphatic heterocycles. The van der Waals surface area contributed by atoms with Gasteiger partial charge < -0.3 is 10.6 Å². The molecule has 0 amide bonds. The summed E-state index contributed by atoms with van der Waals surface area (Å²) >= 11 is 0. The molecule has 0 aliphatic rings. The fraction of sp³-hybridized carbons (Fsp3) is 0.286. The van der Waals surface area contributed by atoms with E-state index < -0.39 is 0 Å².